The molecule has 1 aromatic carbocycles. The molecular weight excluding hydrogens is 603 g/mol. The van der Waals surface area contributed by atoms with Gasteiger partial charge >= 0.3 is 12.2 Å². The monoisotopic (exact) mass is 645 g/mol. The number of aromatic nitrogens is 2. The van der Waals surface area contributed by atoms with Crippen molar-refractivity contribution in [1.82, 2.24) is 20.2 Å². The number of anilines is 1. The van der Waals surface area contributed by atoms with Crippen LogP contribution in [0.3, 0.4) is 0 Å². The van der Waals surface area contributed by atoms with Crippen molar-refractivity contribution in [2.75, 3.05) is 5.32 Å². The first-order valence-corrected chi connectivity index (χ1v) is 17.6. The zero-order valence-electron chi connectivity index (χ0n) is 26.7. The third kappa shape index (κ3) is 9.51. The maximum absolute atomic E-state index is 14.5. The van der Waals surface area contributed by atoms with E-state index in [1.807, 2.05) is 20.8 Å². The van der Waals surface area contributed by atoms with Gasteiger partial charge in [0.15, 0.2) is 14.4 Å². The van der Waals surface area contributed by atoms with E-state index in [0.717, 1.165) is 10.1 Å². The summed E-state index contributed by atoms with van der Waals surface area (Å²) in [6.45, 7) is 11.7. The molecule has 2 atom stereocenters. The molecule has 13 heteroatoms. The average Bonchev–Trinajstić information content (AvgIpc) is 2.95. The first-order valence-electron chi connectivity index (χ1n) is 14.7. The number of rotatable bonds is 11. The van der Waals surface area contributed by atoms with E-state index in [1.54, 1.807) is 87.9 Å². The normalized spacial score (nSPS) is 13.7. The second-order valence-corrected chi connectivity index (χ2v) is 17.5. The van der Waals surface area contributed by atoms with Gasteiger partial charge in [0.05, 0.1) is 11.7 Å². The highest BCUT2D eigenvalue weighted by Gasteiger charge is 2.52. The summed E-state index contributed by atoms with van der Waals surface area (Å²) in [5, 5.41) is 7.17. The van der Waals surface area contributed by atoms with Crippen LogP contribution in [0.1, 0.15) is 40.2 Å². The van der Waals surface area contributed by atoms with Gasteiger partial charge in [0.25, 0.3) is 5.56 Å². The van der Waals surface area contributed by atoms with Crippen LogP contribution in [-0.4, -0.2) is 48.1 Å². The van der Waals surface area contributed by atoms with Gasteiger partial charge in [-0.05, 0) is 53.4 Å². The number of nitrogens with zero attached hydrogens (tertiary/aromatic N) is 2. The Balaban J connectivity index is 1.92. The fourth-order valence-electron chi connectivity index (χ4n) is 4.35. The van der Waals surface area contributed by atoms with Crippen molar-refractivity contribution in [1.29, 1.82) is 0 Å². The second-order valence-electron chi connectivity index (χ2n) is 12.7. The predicted octanol–water partition coefficient (Wildman–Crippen LogP) is 6.33. The molecule has 2 heterocycles. The number of pyridine rings is 2. The number of urea groups is 1. The highest BCUT2D eigenvalue weighted by Crippen LogP contribution is 2.41. The number of nitrogens with one attached hydrogen (secondary N) is 3. The highest BCUT2D eigenvalue weighted by atomic mass is 28.4. The maximum Gasteiger partial charge on any atom is 0.415 e. The predicted molar refractivity (Wildman–Crippen MR) is 171 cm³/mol. The Morgan fingerprint density at radius 1 is 1.00 bits per heavy atom. The lowest BCUT2D eigenvalue weighted by atomic mass is 9.98. The van der Waals surface area contributed by atoms with E-state index >= 15 is 0 Å². The van der Waals surface area contributed by atoms with Crippen LogP contribution in [0.4, 0.5) is 23.7 Å². The maximum atomic E-state index is 14.5. The average molecular weight is 646 g/mol. The zero-order chi connectivity index (χ0) is 33.6. The van der Waals surface area contributed by atoms with Crippen LogP contribution in [0.2, 0.25) is 18.1 Å². The number of halogens is 3. The van der Waals surface area contributed by atoms with E-state index < -0.39 is 61.6 Å². The molecular formula is C32H42F3N5O4Si. The molecule has 3 aromatic rings. The van der Waals surface area contributed by atoms with Gasteiger partial charge in [0.2, 0.25) is 5.91 Å². The van der Waals surface area contributed by atoms with Gasteiger partial charge in [-0.2, -0.15) is 13.2 Å². The molecule has 0 saturated heterocycles. The molecule has 0 aliphatic rings. The lowest BCUT2D eigenvalue weighted by molar-refractivity contribution is -0.210. The highest BCUT2D eigenvalue weighted by molar-refractivity contribution is 6.74. The standard InChI is InChI=1S/C32H42F3N5O4Si/c1-21(2)27(28(32(33,34)35)44-45(6,7)31(3,4)5)39-26(41)20-40-25(23-13-9-8-10-14-23)16-15-24(29(40)42)38-30(43)37-19-22-12-11-17-36-18-22/h8-18,21,27-28H,19-20H2,1-7H3,(H,39,41)(H2,37,38,43). The molecule has 0 aliphatic heterocycles. The minimum Gasteiger partial charge on any atom is -0.404 e. The Bertz CT molecular complexity index is 1510. The number of hydrogen-bond donors (Lipinski definition) is 3. The third-order valence-electron chi connectivity index (χ3n) is 7.89. The molecule has 2 aromatic heterocycles. The summed E-state index contributed by atoms with van der Waals surface area (Å²) in [5.41, 5.74) is 0.887. The van der Waals surface area contributed by atoms with E-state index in [2.05, 4.69) is 20.9 Å². The Hall–Kier alpha value is -3.97. The number of carbonyl (C=O) groups is 2. The quantitative estimate of drug-likeness (QED) is 0.211. The van der Waals surface area contributed by atoms with Crippen molar-refractivity contribution in [3.63, 3.8) is 0 Å². The fourth-order valence-corrected chi connectivity index (χ4v) is 5.62. The molecule has 0 radical (unpaired) electrons. The molecule has 0 spiro atoms. The number of alkyl halides is 3. The Morgan fingerprint density at radius 2 is 1.67 bits per heavy atom. The molecule has 3 N–H and O–H groups in total. The molecule has 0 bridgehead atoms. The van der Waals surface area contributed by atoms with Gasteiger partial charge in [-0.25, -0.2) is 4.79 Å². The molecule has 9 nitrogen and oxygen atoms in total. The summed E-state index contributed by atoms with van der Waals surface area (Å²) in [7, 11) is -2.90. The second kappa shape index (κ2) is 14.4. The van der Waals surface area contributed by atoms with E-state index in [-0.39, 0.29) is 12.2 Å². The molecule has 3 amide bonds. The molecule has 2 unspecified atom stereocenters. The number of hydrogen-bond acceptors (Lipinski definition) is 5. The Morgan fingerprint density at radius 3 is 2.22 bits per heavy atom. The zero-order valence-corrected chi connectivity index (χ0v) is 27.7. The van der Waals surface area contributed by atoms with Crippen LogP contribution in [-0.2, 0) is 22.3 Å². The molecule has 0 fully saturated rings. The summed E-state index contributed by atoms with van der Waals surface area (Å²) >= 11 is 0. The number of carbonyl (C=O) groups excluding carboxylic acids is 2. The molecule has 45 heavy (non-hydrogen) atoms. The van der Waals surface area contributed by atoms with Crippen molar-refractivity contribution in [3.05, 3.63) is 82.9 Å². The summed E-state index contributed by atoms with van der Waals surface area (Å²) in [6.07, 6.45) is -3.81. The van der Waals surface area contributed by atoms with Gasteiger partial charge in [-0.15, -0.1) is 0 Å². The third-order valence-corrected chi connectivity index (χ3v) is 12.3. The minimum absolute atomic E-state index is 0.110. The first kappa shape index (κ1) is 35.5. The molecule has 244 valence electrons. The van der Waals surface area contributed by atoms with Crippen molar-refractivity contribution in [2.24, 2.45) is 5.92 Å². The summed E-state index contributed by atoms with van der Waals surface area (Å²) in [6, 6.07) is 13.2. The van der Waals surface area contributed by atoms with Gasteiger partial charge in [0.1, 0.15) is 12.2 Å². The van der Waals surface area contributed by atoms with Crippen molar-refractivity contribution < 1.29 is 27.2 Å². The number of amides is 3. The molecule has 3 rings (SSSR count). The van der Waals surface area contributed by atoms with Gasteiger partial charge in [-0.1, -0.05) is 71.0 Å². The van der Waals surface area contributed by atoms with Crippen molar-refractivity contribution in [2.45, 2.75) is 84.2 Å². The largest absolute Gasteiger partial charge is 0.415 e. The number of benzene rings is 1. The smallest absolute Gasteiger partial charge is 0.404 e. The van der Waals surface area contributed by atoms with Gasteiger partial charge in [-0.3, -0.25) is 19.1 Å². The topological polar surface area (TPSA) is 114 Å². The molecule has 0 saturated carbocycles. The van der Waals surface area contributed by atoms with Crippen LogP contribution >= 0.6 is 0 Å². The lowest BCUT2D eigenvalue weighted by Gasteiger charge is -2.42. The van der Waals surface area contributed by atoms with E-state index in [1.165, 1.54) is 6.07 Å². The molecule has 0 aliphatic carbocycles. The van der Waals surface area contributed by atoms with Crippen LogP contribution in [0.25, 0.3) is 11.3 Å². The SMILES string of the molecule is CC(C)C(NC(=O)Cn1c(-c2ccccc2)ccc(NC(=O)NCc2cccnc2)c1=O)C(O[Si](C)(C)C(C)(C)C)C(F)(F)F. The summed E-state index contributed by atoms with van der Waals surface area (Å²) in [5.74, 6) is -1.45. The Kier molecular flexibility index (Phi) is 11.4. The van der Waals surface area contributed by atoms with Crippen LogP contribution in [0, 0.1) is 5.92 Å². The summed E-state index contributed by atoms with van der Waals surface area (Å²) < 4.78 is 50.4. The van der Waals surface area contributed by atoms with Gasteiger partial charge in [0, 0.05) is 18.9 Å². The van der Waals surface area contributed by atoms with E-state index in [0.29, 0.717) is 11.3 Å². The van der Waals surface area contributed by atoms with Crippen molar-refractivity contribution >= 4 is 25.9 Å². The minimum atomic E-state index is -4.75. The van der Waals surface area contributed by atoms with Gasteiger partial charge < -0.3 is 20.4 Å². The fraction of sp³-hybridized carbons (Fsp3) is 0.438. The van der Waals surface area contributed by atoms with Crippen molar-refractivity contribution in [3.8, 4) is 11.3 Å². The Labute approximate surface area is 262 Å². The van der Waals surface area contributed by atoms with Crippen LogP contribution < -0.4 is 21.5 Å². The first-order chi connectivity index (χ1) is 20.9. The van der Waals surface area contributed by atoms with Crippen LogP contribution in [0.5, 0.6) is 0 Å². The van der Waals surface area contributed by atoms with E-state index in [9.17, 15) is 27.6 Å². The van der Waals surface area contributed by atoms with E-state index in [4.69, 9.17) is 4.43 Å². The lowest BCUT2D eigenvalue weighted by Crippen LogP contribution is -2.59. The van der Waals surface area contributed by atoms with Crippen LogP contribution in [0.15, 0.2) is 71.8 Å². The summed E-state index contributed by atoms with van der Waals surface area (Å²) in [4.78, 5) is 43.7.